The lowest BCUT2D eigenvalue weighted by molar-refractivity contribution is -0.146. The summed E-state index contributed by atoms with van der Waals surface area (Å²) in [6, 6.07) is 9.71. The third-order valence-electron chi connectivity index (χ3n) is 7.53. The molecule has 1 aliphatic rings. The number of carbonyl (C=O) groups is 2. The molecule has 0 aliphatic heterocycles. The summed E-state index contributed by atoms with van der Waals surface area (Å²) in [5.41, 5.74) is 4.99. The molecule has 6 nitrogen and oxygen atoms in total. The molecule has 0 spiro atoms. The van der Waals surface area contributed by atoms with E-state index in [0.29, 0.717) is 30.4 Å². The third kappa shape index (κ3) is 6.84. The summed E-state index contributed by atoms with van der Waals surface area (Å²) in [6.07, 6.45) is 4.63. The van der Waals surface area contributed by atoms with Crippen molar-refractivity contribution in [1.82, 2.24) is 5.32 Å². The number of ether oxygens (including phenoxy) is 3. The van der Waals surface area contributed by atoms with Gasteiger partial charge < -0.3 is 19.5 Å². The molecule has 0 heterocycles. The molecule has 3 atom stereocenters. The van der Waals surface area contributed by atoms with Crippen molar-refractivity contribution >= 4 is 11.9 Å². The highest BCUT2D eigenvalue weighted by Gasteiger charge is 2.35. The highest BCUT2D eigenvalue weighted by molar-refractivity contribution is 5.98. The van der Waals surface area contributed by atoms with Crippen molar-refractivity contribution in [2.45, 2.75) is 84.6 Å². The van der Waals surface area contributed by atoms with Gasteiger partial charge in [0.05, 0.1) is 26.7 Å². The van der Waals surface area contributed by atoms with Crippen molar-refractivity contribution in [2.24, 2.45) is 5.92 Å². The minimum Gasteiger partial charge on any atom is -0.493 e. The molecule has 0 saturated carbocycles. The van der Waals surface area contributed by atoms with Gasteiger partial charge in [0.25, 0.3) is 5.91 Å². The first-order chi connectivity index (χ1) is 18.5. The summed E-state index contributed by atoms with van der Waals surface area (Å²) in [5.74, 6) is 0.957. The van der Waals surface area contributed by atoms with E-state index in [-0.39, 0.29) is 35.7 Å². The molecule has 1 N–H and O–H groups in total. The van der Waals surface area contributed by atoms with Crippen LogP contribution < -0.4 is 14.8 Å². The number of methoxy groups -OCH3 is 2. The zero-order chi connectivity index (χ0) is 28.9. The second-order valence-electron chi connectivity index (χ2n) is 11.2. The molecule has 0 bridgehead atoms. The van der Waals surface area contributed by atoms with Crippen LogP contribution in [0, 0.1) is 5.92 Å². The minimum atomic E-state index is -0.523. The molecule has 6 heteroatoms. The lowest BCUT2D eigenvalue weighted by Gasteiger charge is -2.25. The van der Waals surface area contributed by atoms with E-state index in [9.17, 15) is 9.59 Å². The normalized spacial score (nSPS) is 17.5. The first kappa shape index (κ1) is 30.3. The van der Waals surface area contributed by atoms with Crippen LogP contribution in [0.3, 0.4) is 0 Å². The van der Waals surface area contributed by atoms with Crippen molar-refractivity contribution in [2.75, 3.05) is 20.8 Å². The van der Waals surface area contributed by atoms with Crippen LogP contribution in [0.25, 0.3) is 0 Å². The summed E-state index contributed by atoms with van der Waals surface area (Å²) in [5, 5.41) is 3.26. The quantitative estimate of drug-likeness (QED) is 0.245. The zero-order valence-corrected chi connectivity index (χ0v) is 25.0. The fraction of sp³-hybridized carbons (Fsp3) is 0.515. The standard InChI is InChI=1S/C33H45NO5/c1-10-39-33(36)30(23-12-14-28(37-8)29(18-23)38-9)22-11-13-25(15-22)34-32(35)31-26(20(4)5)16-24(19(2)3)17-27(31)21(6)7/h11-14,16-22,25,30H,10,15H2,1-9H3,(H,34,35)/t22-,25+,30-/m0/s1. The molecule has 1 aliphatic carbocycles. The Kier molecular flexibility index (Phi) is 10.2. The van der Waals surface area contributed by atoms with E-state index in [1.807, 2.05) is 24.3 Å². The molecular formula is C33H45NO5. The second kappa shape index (κ2) is 13.2. The van der Waals surface area contributed by atoms with Gasteiger partial charge in [0.2, 0.25) is 0 Å². The zero-order valence-electron chi connectivity index (χ0n) is 25.0. The second-order valence-corrected chi connectivity index (χ2v) is 11.2. The lowest BCUT2D eigenvalue weighted by atomic mass is 9.83. The van der Waals surface area contributed by atoms with Crippen LogP contribution in [0.15, 0.2) is 42.5 Å². The fourth-order valence-electron chi connectivity index (χ4n) is 5.38. The number of carbonyl (C=O) groups excluding carboxylic acids is 2. The van der Waals surface area contributed by atoms with Gasteiger partial charge in [-0.05, 0) is 71.4 Å². The Balaban J connectivity index is 1.89. The SMILES string of the molecule is CCOC(=O)[C@H](c1ccc(OC)c(OC)c1)[C@H]1C=C[C@@H](NC(=O)c2c(C(C)C)cc(C(C)C)cc2C(C)C)C1. The topological polar surface area (TPSA) is 73.9 Å². The van der Waals surface area contributed by atoms with Crippen molar-refractivity contribution in [3.05, 3.63) is 70.3 Å². The van der Waals surface area contributed by atoms with Gasteiger partial charge in [-0.1, -0.05) is 71.9 Å². The maximum absolute atomic E-state index is 13.8. The van der Waals surface area contributed by atoms with Gasteiger partial charge in [-0.2, -0.15) is 0 Å². The Hall–Kier alpha value is -3.28. The van der Waals surface area contributed by atoms with Gasteiger partial charge in [0.1, 0.15) is 0 Å². The molecule has 0 saturated heterocycles. The molecule has 0 fully saturated rings. The van der Waals surface area contributed by atoms with Crippen LogP contribution in [0.5, 0.6) is 11.5 Å². The number of amides is 1. The average Bonchev–Trinajstić information content (AvgIpc) is 3.35. The van der Waals surface area contributed by atoms with Crippen molar-refractivity contribution < 1.29 is 23.8 Å². The molecule has 2 aromatic carbocycles. The molecule has 39 heavy (non-hydrogen) atoms. The molecule has 3 rings (SSSR count). The average molecular weight is 536 g/mol. The van der Waals surface area contributed by atoms with Crippen molar-refractivity contribution in [1.29, 1.82) is 0 Å². The molecule has 1 amide bonds. The Bertz CT molecular complexity index is 1170. The van der Waals surface area contributed by atoms with Crippen LogP contribution in [-0.2, 0) is 9.53 Å². The molecule has 0 aromatic heterocycles. The highest BCUT2D eigenvalue weighted by Crippen LogP contribution is 2.39. The summed E-state index contributed by atoms with van der Waals surface area (Å²) in [6.45, 7) is 15.0. The molecular weight excluding hydrogens is 490 g/mol. The molecule has 212 valence electrons. The molecule has 2 aromatic rings. The first-order valence-corrected chi connectivity index (χ1v) is 14.1. The minimum absolute atomic E-state index is 0.0631. The lowest BCUT2D eigenvalue weighted by Crippen LogP contribution is -2.35. The summed E-state index contributed by atoms with van der Waals surface area (Å²) < 4.78 is 16.3. The Morgan fingerprint density at radius 3 is 1.97 bits per heavy atom. The predicted octanol–water partition coefficient (Wildman–Crippen LogP) is 7.10. The van der Waals surface area contributed by atoms with Gasteiger partial charge in [-0.3, -0.25) is 9.59 Å². The maximum atomic E-state index is 13.8. The largest absolute Gasteiger partial charge is 0.493 e. The van der Waals surface area contributed by atoms with E-state index in [4.69, 9.17) is 14.2 Å². The van der Waals surface area contributed by atoms with E-state index >= 15 is 0 Å². The van der Waals surface area contributed by atoms with E-state index in [2.05, 4.69) is 59.0 Å². The summed E-state index contributed by atoms with van der Waals surface area (Å²) in [4.78, 5) is 26.9. The number of hydrogen-bond donors (Lipinski definition) is 1. The van der Waals surface area contributed by atoms with Crippen LogP contribution in [0.1, 0.15) is 111 Å². The Morgan fingerprint density at radius 2 is 1.46 bits per heavy atom. The highest BCUT2D eigenvalue weighted by atomic mass is 16.5. The van der Waals surface area contributed by atoms with Gasteiger partial charge in [-0.15, -0.1) is 0 Å². The van der Waals surface area contributed by atoms with Gasteiger partial charge in [0.15, 0.2) is 11.5 Å². The van der Waals surface area contributed by atoms with Crippen molar-refractivity contribution in [3.63, 3.8) is 0 Å². The monoisotopic (exact) mass is 535 g/mol. The van der Waals surface area contributed by atoms with E-state index < -0.39 is 5.92 Å². The van der Waals surface area contributed by atoms with E-state index in [0.717, 1.165) is 22.3 Å². The van der Waals surface area contributed by atoms with Crippen LogP contribution in [0.2, 0.25) is 0 Å². The number of hydrogen-bond acceptors (Lipinski definition) is 5. The third-order valence-corrected chi connectivity index (χ3v) is 7.53. The van der Waals surface area contributed by atoms with E-state index in [1.54, 1.807) is 27.2 Å². The Morgan fingerprint density at radius 1 is 0.846 bits per heavy atom. The Labute approximate surface area is 234 Å². The van der Waals surface area contributed by atoms with Gasteiger partial charge in [-0.25, -0.2) is 0 Å². The van der Waals surface area contributed by atoms with Crippen molar-refractivity contribution in [3.8, 4) is 11.5 Å². The van der Waals surface area contributed by atoms with E-state index in [1.165, 1.54) is 5.56 Å². The number of rotatable bonds is 11. The number of allylic oxidation sites excluding steroid dienone is 1. The number of benzene rings is 2. The van der Waals surface area contributed by atoms with Crippen LogP contribution in [0.4, 0.5) is 0 Å². The molecule has 0 radical (unpaired) electrons. The maximum Gasteiger partial charge on any atom is 0.314 e. The van der Waals surface area contributed by atoms with Crippen LogP contribution in [-0.4, -0.2) is 38.7 Å². The predicted molar refractivity (Wildman–Crippen MR) is 156 cm³/mol. The summed E-state index contributed by atoms with van der Waals surface area (Å²) >= 11 is 0. The van der Waals surface area contributed by atoms with Gasteiger partial charge >= 0.3 is 5.97 Å². The van der Waals surface area contributed by atoms with Gasteiger partial charge in [0, 0.05) is 11.6 Å². The first-order valence-electron chi connectivity index (χ1n) is 14.1. The fourth-order valence-corrected chi connectivity index (χ4v) is 5.38. The number of esters is 1. The smallest absolute Gasteiger partial charge is 0.314 e. The van der Waals surface area contributed by atoms with Crippen LogP contribution >= 0.6 is 0 Å². The summed E-state index contributed by atoms with van der Waals surface area (Å²) in [7, 11) is 3.16. The molecule has 0 unspecified atom stereocenters. The number of nitrogens with one attached hydrogen (secondary N) is 1.